The third-order valence-corrected chi connectivity index (χ3v) is 8.36. The number of hydrogen-bond acceptors (Lipinski definition) is 9. The van der Waals surface area contributed by atoms with Gasteiger partial charge in [0.05, 0.1) is 10.8 Å². The molecule has 9 nitrogen and oxygen atoms in total. The Hall–Kier alpha value is -3.24. The van der Waals surface area contributed by atoms with Gasteiger partial charge in [0.1, 0.15) is 5.25 Å². The third kappa shape index (κ3) is 9.67. The maximum absolute atomic E-state index is 13.2. The number of carbonyl (C=O) groups is 3. The van der Waals surface area contributed by atoms with E-state index >= 15 is 0 Å². The smallest absolute Gasteiger partial charge is 0.319 e. The highest BCUT2D eigenvalue weighted by atomic mass is 32.2. The summed E-state index contributed by atoms with van der Waals surface area (Å²) in [5.74, 6) is -1.15. The summed E-state index contributed by atoms with van der Waals surface area (Å²) in [5, 5.41) is -1.32. The first-order valence-corrected chi connectivity index (χ1v) is 15.3. The topological polar surface area (TPSA) is 116 Å². The van der Waals surface area contributed by atoms with E-state index in [2.05, 4.69) is 4.18 Å². The number of carbonyl (C=O) groups excluding carboxylic acids is 3. The van der Waals surface area contributed by atoms with Gasteiger partial charge in [-0.15, -0.1) is 0 Å². The molecule has 0 saturated carbocycles. The van der Waals surface area contributed by atoms with E-state index in [9.17, 15) is 22.8 Å². The van der Waals surface area contributed by atoms with Gasteiger partial charge in [0.25, 0.3) is 0 Å². The van der Waals surface area contributed by atoms with Crippen LogP contribution in [0.25, 0.3) is 0 Å². The molecule has 2 rings (SSSR count). The Labute approximate surface area is 244 Å². The zero-order chi connectivity index (χ0) is 30.8. The Balaban J connectivity index is 2.55. The number of nitrogens with zero attached hydrogens (tertiary/aromatic N) is 1. The van der Waals surface area contributed by atoms with Crippen molar-refractivity contribution in [3.63, 3.8) is 0 Å². The Morgan fingerprint density at radius 1 is 0.878 bits per heavy atom. The molecule has 1 unspecified atom stereocenters. The summed E-state index contributed by atoms with van der Waals surface area (Å²) in [6.45, 7) is 11.2. The molecular weight excluding hydrogens is 546 g/mol. The van der Waals surface area contributed by atoms with Crippen LogP contribution in [0.2, 0.25) is 0 Å². The first kappa shape index (κ1) is 34.0. The van der Waals surface area contributed by atoms with Crippen LogP contribution < -0.4 is 9.47 Å². The van der Waals surface area contributed by atoms with Gasteiger partial charge in [-0.2, -0.15) is 8.42 Å². The van der Waals surface area contributed by atoms with Crippen LogP contribution in [0, 0.1) is 10.8 Å². The average molecular weight is 590 g/mol. The molecule has 0 aromatic heterocycles. The molecule has 0 bridgehead atoms. The van der Waals surface area contributed by atoms with Crippen molar-refractivity contribution in [2.24, 2.45) is 10.8 Å². The first-order valence-electron chi connectivity index (χ1n) is 13.8. The van der Waals surface area contributed by atoms with Gasteiger partial charge >= 0.3 is 28.5 Å². The van der Waals surface area contributed by atoms with Crippen LogP contribution in [0.5, 0.6) is 11.5 Å². The summed E-state index contributed by atoms with van der Waals surface area (Å²) in [7, 11) is -2.67. The lowest BCUT2D eigenvalue weighted by atomic mass is 9.88. The highest BCUT2D eigenvalue weighted by molar-refractivity contribution is 7.87. The molecule has 226 valence electrons. The molecule has 0 heterocycles. The van der Waals surface area contributed by atoms with Gasteiger partial charge in [0.2, 0.25) is 0 Å². The highest BCUT2D eigenvalue weighted by Gasteiger charge is 2.35. The van der Waals surface area contributed by atoms with Crippen molar-refractivity contribution in [3.05, 3.63) is 59.7 Å². The van der Waals surface area contributed by atoms with Gasteiger partial charge in [-0.25, -0.2) is 0 Å². The standard InChI is InChI=1S/C31H43NO8S/c1-8-17-30(3,4)28(34)39-25-16-15-24(19-26(25)40-29(35)31(5,6)18-9-2)27(41(36,37)38-22-33)21-32(7)20-23-13-11-10-12-14-23/h10-16,19,22,27H,8-9,17-18,20-21H2,1-7H3. The molecule has 0 radical (unpaired) electrons. The van der Waals surface area contributed by atoms with E-state index in [1.54, 1.807) is 39.6 Å². The molecule has 2 aromatic rings. The summed E-state index contributed by atoms with van der Waals surface area (Å²) in [4.78, 5) is 39.1. The Morgan fingerprint density at radius 3 is 1.93 bits per heavy atom. The van der Waals surface area contributed by atoms with Crippen LogP contribution in [0.3, 0.4) is 0 Å². The number of hydrogen-bond donors (Lipinski definition) is 0. The summed E-state index contributed by atoms with van der Waals surface area (Å²) in [6.07, 6.45) is 2.64. The van der Waals surface area contributed by atoms with Gasteiger partial charge in [0.15, 0.2) is 11.5 Å². The summed E-state index contributed by atoms with van der Waals surface area (Å²) >= 11 is 0. The van der Waals surface area contributed by atoms with Gasteiger partial charge in [-0.3, -0.25) is 14.4 Å². The van der Waals surface area contributed by atoms with Gasteiger partial charge in [-0.05, 0) is 70.8 Å². The quantitative estimate of drug-likeness (QED) is 0.103. The Bertz CT molecular complexity index is 1290. The van der Waals surface area contributed by atoms with Gasteiger partial charge < -0.3 is 18.6 Å². The molecule has 0 aliphatic carbocycles. The molecule has 0 spiro atoms. The fourth-order valence-electron chi connectivity index (χ4n) is 4.55. The summed E-state index contributed by atoms with van der Waals surface area (Å²) in [6, 6.07) is 13.7. The second kappa shape index (κ2) is 14.6. The van der Waals surface area contributed by atoms with E-state index < -0.39 is 38.1 Å². The molecule has 41 heavy (non-hydrogen) atoms. The number of likely N-dealkylation sites (N-methyl/N-ethyl adjacent to an activating group) is 1. The van der Waals surface area contributed by atoms with Crippen molar-refractivity contribution in [2.45, 2.75) is 79.0 Å². The highest BCUT2D eigenvalue weighted by Crippen LogP contribution is 2.37. The molecule has 2 aromatic carbocycles. The van der Waals surface area contributed by atoms with Crippen molar-refractivity contribution in [1.82, 2.24) is 4.90 Å². The van der Waals surface area contributed by atoms with E-state index in [1.807, 2.05) is 44.2 Å². The number of rotatable bonds is 16. The molecular formula is C31H43NO8S. The zero-order valence-electron chi connectivity index (χ0n) is 25.1. The minimum absolute atomic E-state index is 0.00586. The summed E-state index contributed by atoms with van der Waals surface area (Å²) in [5.41, 5.74) is -0.460. The van der Waals surface area contributed by atoms with E-state index in [-0.39, 0.29) is 30.1 Å². The lowest BCUT2D eigenvalue weighted by Gasteiger charge is -2.26. The van der Waals surface area contributed by atoms with Crippen LogP contribution in [-0.2, 0) is 35.2 Å². The van der Waals surface area contributed by atoms with Crippen molar-refractivity contribution < 1.29 is 36.5 Å². The minimum atomic E-state index is -4.42. The Kier molecular flexibility index (Phi) is 12.1. The number of benzene rings is 2. The maximum atomic E-state index is 13.2. The van der Waals surface area contributed by atoms with Crippen LogP contribution in [0.4, 0.5) is 0 Å². The average Bonchev–Trinajstić information content (AvgIpc) is 2.88. The number of ether oxygens (including phenoxy) is 2. The predicted octanol–water partition coefficient (Wildman–Crippen LogP) is 5.83. The van der Waals surface area contributed by atoms with Crippen LogP contribution in [0.15, 0.2) is 48.5 Å². The van der Waals surface area contributed by atoms with Crippen molar-refractivity contribution >= 4 is 28.5 Å². The predicted molar refractivity (Wildman–Crippen MR) is 157 cm³/mol. The minimum Gasteiger partial charge on any atom is -0.422 e. The Morgan fingerprint density at radius 2 is 1.41 bits per heavy atom. The van der Waals surface area contributed by atoms with Crippen molar-refractivity contribution in [1.29, 1.82) is 0 Å². The SMILES string of the molecule is CCCC(C)(C)C(=O)Oc1ccc(C(CN(C)Cc2ccccc2)S(=O)(=O)OC=O)cc1OC(=O)C(C)(C)CCC. The van der Waals surface area contributed by atoms with Crippen molar-refractivity contribution in [2.75, 3.05) is 13.6 Å². The molecule has 0 aliphatic rings. The summed E-state index contributed by atoms with van der Waals surface area (Å²) < 4.78 is 42.2. The van der Waals surface area contributed by atoms with E-state index in [0.717, 1.165) is 18.4 Å². The van der Waals surface area contributed by atoms with Gasteiger partial charge in [0, 0.05) is 13.1 Å². The molecule has 0 saturated heterocycles. The fraction of sp³-hybridized carbons (Fsp3) is 0.516. The second-order valence-electron chi connectivity index (χ2n) is 11.6. The largest absolute Gasteiger partial charge is 0.422 e. The fourth-order valence-corrected chi connectivity index (χ4v) is 5.71. The van der Waals surface area contributed by atoms with Crippen LogP contribution >= 0.6 is 0 Å². The number of esters is 2. The maximum Gasteiger partial charge on any atom is 0.319 e. The normalized spacial score (nSPS) is 13.0. The monoisotopic (exact) mass is 589 g/mol. The third-order valence-electron chi connectivity index (χ3n) is 6.89. The molecule has 10 heteroatoms. The molecule has 1 atom stereocenters. The van der Waals surface area contributed by atoms with Gasteiger partial charge in [-0.1, -0.05) is 63.1 Å². The molecule has 0 N–H and O–H groups in total. The van der Waals surface area contributed by atoms with Crippen LogP contribution in [-0.4, -0.2) is 45.3 Å². The molecule has 0 fully saturated rings. The molecule has 0 amide bonds. The first-order chi connectivity index (χ1) is 19.2. The zero-order valence-corrected chi connectivity index (χ0v) is 26.0. The lowest BCUT2D eigenvalue weighted by molar-refractivity contribution is -0.147. The van der Waals surface area contributed by atoms with E-state index in [1.165, 1.54) is 18.2 Å². The van der Waals surface area contributed by atoms with Crippen LogP contribution in [0.1, 0.15) is 83.6 Å². The second-order valence-corrected chi connectivity index (χ2v) is 13.4. The van der Waals surface area contributed by atoms with E-state index in [0.29, 0.717) is 19.4 Å². The molecule has 0 aliphatic heterocycles. The van der Waals surface area contributed by atoms with E-state index in [4.69, 9.17) is 9.47 Å². The van der Waals surface area contributed by atoms with Crippen molar-refractivity contribution in [3.8, 4) is 11.5 Å². The lowest BCUT2D eigenvalue weighted by Crippen LogP contribution is -2.31.